The lowest BCUT2D eigenvalue weighted by molar-refractivity contribution is -0.138. The highest BCUT2D eigenvalue weighted by Crippen LogP contribution is 2.39. The maximum absolute atomic E-state index is 13.6. The number of hydrogen-bond acceptors (Lipinski definition) is 0. The van der Waals surface area contributed by atoms with Crippen LogP contribution < -0.4 is 0 Å². The molecule has 2 aromatic carbocycles. The van der Waals surface area contributed by atoms with Crippen molar-refractivity contribution in [3.8, 4) is 0 Å². The van der Waals surface area contributed by atoms with Gasteiger partial charge in [0.15, 0.2) is 0 Å². The van der Waals surface area contributed by atoms with E-state index in [0.29, 0.717) is 0 Å². The fourth-order valence-electron chi connectivity index (χ4n) is 1.85. The van der Waals surface area contributed by atoms with Crippen LogP contribution in [-0.2, 0) is 6.18 Å². The van der Waals surface area contributed by atoms with Crippen LogP contribution in [0.5, 0.6) is 0 Å². The third-order valence-corrected chi connectivity index (χ3v) is 3.24. The van der Waals surface area contributed by atoms with Crippen LogP contribution in [0.15, 0.2) is 42.5 Å². The maximum Gasteiger partial charge on any atom is 0.416 e. The first-order valence-electron chi connectivity index (χ1n) is 5.56. The summed E-state index contributed by atoms with van der Waals surface area (Å²) < 4.78 is 65.3. The van der Waals surface area contributed by atoms with Gasteiger partial charge < -0.3 is 0 Å². The third-order valence-electron chi connectivity index (χ3n) is 2.77. The molecule has 0 spiro atoms. The van der Waals surface area contributed by atoms with Crippen LogP contribution in [0, 0.1) is 11.6 Å². The van der Waals surface area contributed by atoms with Gasteiger partial charge in [0, 0.05) is 5.56 Å². The molecule has 2 aromatic rings. The number of halogens is 6. The molecule has 106 valence electrons. The molecule has 1 atom stereocenters. The lowest BCUT2D eigenvalue weighted by atomic mass is 9.98. The molecule has 0 radical (unpaired) electrons. The number of benzene rings is 2. The van der Waals surface area contributed by atoms with Crippen molar-refractivity contribution >= 4 is 11.6 Å². The molecule has 0 heterocycles. The Balaban J connectivity index is 2.54. The van der Waals surface area contributed by atoms with E-state index in [4.69, 9.17) is 11.6 Å². The average molecular weight is 307 g/mol. The minimum Gasteiger partial charge on any atom is -0.207 e. The Hall–Kier alpha value is -1.62. The van der Waals surface area contributed by atoms with Crippen molar-refractivity contribution in [1.29, 1.82) is 0 Å². The third kappa shape index (κ3) is 2.93. The monoisotopic (exact) mass is 306 g/mol. The van der Waals surface area contributed by atoms with Gasteiger partial charge in [0.05, 0.1) is 10.9 Å². The minimum absolute atomic E-state index is 0.314. The molecule has 0 nitrogen and oxygen atoms in total. The van der Waals surface area contributed by atoms with Gasteiger partial charge in [0.2, 0.25) is 0 Å². The molecule has 0 saturated carbocycles. The van der Waals surface area contributed by atoms with Crippen molar-refractivity contribution in [2.75, 3.05) is 0 Å². The molecule has 0 aliphatic heterocycles. The molecular weight excluding hydrogens is 299 g/mol. The van der Waals surface area contributed by atoms with Gasteiger partial charge in [-0.1, -0.05) is 18.2 Å². The molecule has 0 amide bonds. The highest BCUT2D eigenvalue weighted by atomic mass is 35.5. The lowest BCUT2D eigenvalue weighted by Crippen LogP contribution is -2.11. The molecule has 20 heavy (non-hydrogen) atoms. The van der Waals surface area contributed by atoms with Gasteiger partial charge in [-0.3, -0.25) is 0 Å². The zero-order valence-electron chi connectivity index (χ0n) is 9.89. The molecule has 0 aliphatic rings. The van der Waals surface area contributed by atoms with Gasteiger partial charge in [-0.05, 0) is 29.8 Å². The summed E-state index contributed by atoms with van der Waals surface area (Å²) in [7, 11) is 0. The van der Waals surface area contributed by atoms with Gasteiger partial charge in [-0.25, -0.2) is 8.78 Å². The molecule has 0 N–H and O–H groups in total. The first-order chi connectivity index (χ1) is 9.30. The van der Waals surface area contributed by atoms with E-state index in [2.05, 4.69) is 0 Å². The number of rotatable bonds is 2. The van der Waals surface area contributed by atoms with E-state index in [9.17, 15) is 22.0 Å². The second-order valence-corrected chi connectivity index (χ2v) is 4.55. The number of hydrogen-bond donors (Lipinski definition) is 0. The van der Waals surface area contributed by atoms with Gasteiger partial charge in [0.1, 0.15) is 11.6 Å². The van der Waals surface area contributed by atoms with Crippen LogP contribution in [0.25, 0.3) is 0 Å². The molecule has 1 unspecified atom stereocenters. The Morgan fingerprint density at radius 1 is 0.900 bits per heavy atom. The minimum atomic E-state index is -4.62. The predicted molar refractivity (Wildman–Crippen MR) is 65.5 cm³/mol. The Morgan fingerprint density at radius 3 is 2.20 bits per heavy atom. The van der Waals surface area contributed by atoms with Crippen molar-refractivity contribution in [3.63, 3.8) is 0 Å². The summed E-state index contributed by atoms with van der Waals surface area (Å²) >= 11 is 5.91. The van der Waals surface area contributed by atoms with Crippen molar-refractivity contribution < 1.29 is 22.0 Å². The summed E-state index contributed by atoms with van der Waals surface area (Å²) in [5.41, 5.74) is -1.61. The van der Waals surface area contributed by atoms with Crippen molar-refractivity contribution in [2.24, 2.45) is 0 Å². The first-order valence-corrected chi connectivity index (χ1v) is 5.99. The molecule has 6 heteroatoms. The van der Waals surface area contributed by atoms with Gasteiger partial charge >= 0.3 is 6.18 Å². The number of alkyl halides is 4. The van der Waals surface area contributed by atoms with Crippen LogP contribution >= 0.6 is 11.6 Å². The van der Waals surface area contributed by atoms with Crippen molar-refractivity contribution in [3.05, 3.63) is 70.8 Å². The van der Waals surface area contributed by atoms with E-state index in [0.717, 1.165) is 30.3 Å². The van der Waals surface area contributed by atoms with E-state index in [1.54, 1.807) is 0 Å². The fourth-order valence-corrected chi connectivity index (χ4v) is 2.21. The Morgan fingerprint density at radius 2 is 1.55 bits per heavy atom. The SMILES string of the molecule is Fc1ccc(F)c(C(Cl)c2ccccc2C(F)(F)F)c1. The summed E-state index contributed by atoms with van der Waals surface area (Å²) in [6.45, 7) is 0. The summed E-state index contributed by atoms with van der Waals surface area (Å²) in [6, 6.07) is 7.05. The molecule has 2 rings (SSSR count). The van der Waals surface area contributed by atoms with Crippen LogP contribution in [0.4, 0.5) is 22.0 Å². The highest BCUT2D eigenvalue weighted by molar-refractivity contribution is 6.22. The largest absolute Gasteiger partial charge is 0.416 e. The van der Waals surface area contributed by atoms with Crippen LogP contribution in [0.1, 0.15) is 22.1 Å². The molecule has 0 bridgehead atoms. The zero-order chi connectivity index (χ0) is 14.9. The predicted octanol–water partition coefficient (Wildman–Crippen LogP) is 5.31. The van der Waals surface area contributed by atoms with Crippen LogP contribution in [0.3, 0.4) is 0 Å². The average Bonchev–Trinajstić information content (AvgIpc) is 2.40. The second-order valence-electron chi connectivity index (χ2n) is 4.11. The summed E-state index contributed by atoms with van der Waals surface area (Å²) in [6.07, 6.45) is -4.62. The normalized spacial score (nSPS) is 13.3. The van der Waals surface area contributed by atoms with Gasteiger partial charge in [0.25, 0.3) is 0 Å². The van der Waals surface area contributed by atoms with Crippen molar-refractivity contribution in [2.45, 2.75) is 11.6 Å². The Kier molecular flexibility index (Phi) is 3.99. The fraction of sp³-hybridized carbons (Fsp3) is 0.143. The van der Waals surface area contributed by atoms with Crippen LogP contribution in [-0.4, -0.2) is 0 Å². The Labute approximate surface area is 116 Å². The summed E-state index contributed by atoms with van der Waals surface area (Å²) in [4.78, 5) is 0. The van der Waals surface area contributed by atoms with Crippen LogP contribution in [0.2, 0.25) is 0 Å². The van der Waals surface area contributed by atoms with E-state index in [-0.39, 0.29) is 11.1 Å². The second kappa shape index (κ2) is 5.40. The van der Waals surface area contributed by atoms with E-state index >= 15 is 0 Å². The smallest absolute Gasteiger partial charge is 0.207 e. The molecule has 0 saturated heterocycles. The lowest BCUT2D eigenvalue weighted by Gasteiger charge is -2.17. The maximum atomic E-state index is 13.6. The van der Waals surface area contributed by atoms with E-state index < -0.39 is 28.8 Å². The van der Waals surface area contributed by atoms with E-state index in [1.165, 1.54) is 12.1 Å². The highest BCUT2D eigenvalue weighted by Gasteiger charge is 2.35. The Bertz CT molecular complexity index is 621. The van der Waals surface area contributed by atoms with Gasteiger partial charge in [-0.2, -0.15) is 13.2 Å². The summed E-state index contributed by atoms with van der Waals surface area (Å²) in [5.74, 6) is -1.63. The van der Waals surface area contributed by atoms with E-state index in [1.807, 2.05) is 0 Å². The quantitative estimate of drug-likeness (QED) is 0.521. The summed E-state index contributed by atoms with van der Waals surface area (Å²) in [5, 5.41) is -1.43. The van der Waals surface area contributed by atoms with Crippen molar-refractivity contribution in [1.82, 2.24) is 0 Å². The first kappa shape index (κ1) is 14.8. The molecular formula is C14H8ClF5. The topological polar surface area (TPSA) is 0 Å². The standard InChI is InChI=1S/C14H8ClF5/c15-13(10-7-8(16)5-6-12(10)17)9-3-1-2-4-11(9)14(18,19)20/h1-7,13H. The zero-order valence-corrected chi connectivity index (χ0v) is 10.6. The van der Waals surface area contributed by atoms with Gasteiger partial charge in [-0.15, -0.1) is 11.6 Å². The molecule has 0 fully saturated rings. The molecule has 0 aliphatic carbocycles. The molecule has 0 aromatic heterocycles.